The molecular formula is C20H12N2Na2O7S2. The first-order valence-corrected chi connectivity index (χ1v) is 11.5. The van der Waals surface area contributed by atoms with Gasteiger partial charge in [0, 0.05) is 10.8 Å². The molecular weight excluding hydrogens is 490 g/mol. The van der Waals surface area contributed by atoms with Crippen LogP contribution in [0.2, 0.25) is 0 Å². The minimum atomic E-state index is -5.04. The first-order valence-electron chi connectivity index (χ1n) is 8.66. The average Bonchev–Trinajstić information content (AvgIpc) is 2.71. The van der Waals surface area contributed by atoms with Crippen molar-refractivity contribution >= 4 is 53.2 Å². The Labute approximate surface area is 233 Å². The molecule has 0 spiro atoms. The van der Waals surface area contributed by atoms with Gasteiger partial charge in [0.25, 0.3) is 10.1 Å². The summed E-state index contributed by atoms with van der Waals surface area (Å²) >= 11 is 0. The molecule has 4 aromatic rings. The maximum Gasteiger partial charge on any atom is 1.00 e. The SMILES string of the molecule is O=S(=O)([O-])c1cc(S(=O)(=O)O)c2c(N=Nc3cccc4ccccc34)c([O-])ccc2c1.[Na+].[Na+]. The zero-order valence-electron chi connectivity index (χ0n) is 17.5. The van der Waals surface area contributed by atoms with Gasteiger partial charge >= 0.3 is 59.1 Å². The molecule has 0 saturated carbocycles. The molecule has 0 fully saturated rings. The van der Waals surface area contributed by atoms with E-state index in [4.69, 9.17) is 0 Å². The molecule has 0 heterocycles. The summed E-state index contributed by atoms with van der Waals surface area (Å²) in [5, 5.41) is 21.6. The Bertz CT molecular complexity index is 1600. The van der Waals surface area contributed by atoms with Crippen molar-refractivity contribution in [2.45, 2.75) is 9.79 Å². The fraction of sp³-hybridized carbons (Fsp3) is 0. The van der Waals surface area contributed by atoms with Gasteiger partial charge in [-0.25, -0.2) is 8.42 Å². The summed E-state index contributed by atoms with van der Waals surface area (Å²) in [5.41, 5.74) is -0.0189. The van der Waals surface area contributed by atoms with Crippen LogP contribution < -0.4 is 64.2 Å². The molecule has 0 aliphatic rings. The molecule has 13 heteroatoms. The van der Waals surface area contributed by atoms with E-state index in [1.165, 1.54) is 0 Å². The molecule has 33 heavy (non-hydrogen) atoms. The minimum Gasteiger partial charge on any atom is -0.871 e. The molecule has 0 saturated heterocycles. The van der Waals surface area contributed by atoms with E-state index in [-0.39, 0.29) is 69.9 Å². The molecule has 158 valence electrons. The van der Waals surface area contributed by atoms with Gasteiger partial charge in [-0.2, -0.15) is 13.5 Å². The number of hydrogen-bond acceptors (Lipinski definition) is 8. The molecule has 9 nitrogen and oxygen atoms in total. The second-order valence-corrected chi connectivity index (χ2v) is 9.33. The molecule has 0 atom stereocenters. The predicted octanol–water partition coefficient (Wildman–Crippen LogP) is -2.36. The van der Waals surface area contributed by atoms with Gasteiger partial charge in [0.2, 0.25) is 0 Å². The van der Waals surface area contributed by atoms with Crippen LogP contribution in [0.3, 0.4) is 0 Å². The number of rotatable bonds is 4. The summed E-state index contributed by atoms with van der Waals surface area (Å²) in [4.78, 5) is -1.80. The van der Waals surface area contributed by atoms with Crippen LogP contribution in [-0.2, 0) is 20.2 Å². The van der Waals surface area contributed by atoms with Gasteiger partial charge in [0.15, 0.2) is 0 Å². The number of nitrogens with zero attached hydrogens (tertiary/aromatic N) is 2. The second-order valence-electron chi connectivity index (χ2n) is 6.56. The normalized spacial score (nSPS) is 11.9. The maximum absolute atomic E-state index is 12.5. The van der Waals surface area contributed by atoms with Crippen molar-refractivity contribution in [1.29, 1.82) is 0 Å². The molecule has 4 rings (SSSR count). The minimum absolute atomic E-state index is 0. The fourth-order valence-electron chi connectivity index (χ4n) is 3.21. The topological polar surface area (TPSA) is 159 Å². The molecule has 0 aromatic heterocycles. The fourth-order valence-corrected chi connectivity index (χ4v) is 4.57. The molecule has 0 aliphatic carbocycles. The number of hydrogen-bond donors (Lipinski definition) is 1. The molecule has 1 N–H and O–H groups in total. The van der Waals surface area contributed by atoms with Crippen LogP contribution >= 0.6 is 0 Å². The number of azo groups is 1. The van der Waals surface area contributed by atoms with Crippen molar-refractivity contribution in [3.63, 3.8) is 0 Å². The van der Waals surface area contributed by atoms with Gasteiger partial charge in [0.05, 0.1) is 16.3 Å². The van der Waals surface area contributed by atoms with Crippen molar-refractivity contribution in [3.8, 4) is 5.75 Å². The summed E-state index contributed by atoms with van der Waals surface area (Å²) in [7, 11) is -10.1. The van der Waals surface area contributed by atoms with E-state index in [0.717, 1.165) is 29.0 Å². The Morgan fingerprint density at radius 3 is 2.12 bits per heavy atom. The van der Waals surface area contributed by atoms with Crippen LogP contribution in [0.4, 0.5) is 11.4 Å². The molecule has 0 bridgehead atoms. The Kier molecular flexibility index (Phi) is 8.85. The van der Waals surface area contributed by atoms with Crippen molar-refractivity contribution in [2.24, 2.45) is 10.2 Å². The first kappa shape index (κ1) is 27.9. The van der Waals surface area contributed by atoms with Crippen LogP contribution in [0.5, 0.6) is 5.75 Å². The van der Waals surface area contributed by atoms with Crippen LogP contribution in [0, 0.1) is 0 Å². The average molecular weight is 502 g/mol. The van der Waals surface area contributed by atoms with Gasteiger partial charge in [-0.05, 0) is 29.0 Å². The van der Waals surface area contributed by atoms with E-state index in [1.54, 1.807) is 24.3 Å². The van der Waals surface area contributed by atoms with Crippen LogP contribution in [0.25, 0.3) is 21.5 Å². The monoisotopic (exact) mass is 502 g/mol. The van der Waals surface area contributed by atoms with E-state index in [9.17, 15) is 31.0 Å². The summed E-state index contributed by atoms with van der Waals surface area (Å²) in [5.74, 6) is -0.709. The third-order valence-electron chi connectivity index (χ3n) is 4.58. The zero-order valence-corrected chi connectivity index (χ0v) is 23.1. The van der Waals surface area contributed by atoms with Gasteiger partial charge in [0.1, 0.15) is 15.0 Å². The van der Waals surface area contributed by atoms with Gasteiger partial charge in [-0.1, -0.05) is 54.3 Å². The Morgan fingerprint density at radius 1 is 0.788 bits per heavy atom. The quantitative estimate of drug-likeness (QED) is 0.186. The van der Waals surface area contributed by atoms with Crippen molar-refractivity contribution in [3.05, 3.63) is 66.7 Å². The standard InChI is InChI=1S/C20H14N2O7S2.2Na/c23-17-9-8-13-10-14(30(24,25)26)11-18(31(27,28)29)19(13)20(17)22-21-16-7-3-5-12-4-1-2-6-15(12)16;;/h1-11,23H,(H,24,25,26)(H,27,28,29);;/q;2*+1/p-2. The zero-order chi connectivity index (χ0) is 22.4. The molecule has 0 amide bonds. The van der Waals surface area contributed by atoms with Crippen LogP contribution in [0.15, 0.2) is 86.7 Å². The maximum atomic E-state index is 12.5. The predicted molar refractivity (Wildman–Crippen MR) is 109 cm³/mol. The van der Waals surface area contributed by atoms with Crippen molar-refractivity contribution in [2.75, 3.05) is 0 Å². The van der Waals surface area contributed by atoms with Gasteiger partial charge < -0.3 is 9.66 Å². The van der Waals surface area contributed by atoms with Gasteiger partial charge in [-0.15, -0.1) is 5.11 Å². The summed E-state index contributed by atoms with van der Waals surface area (Å²) < 4.78 is 67.7. The van der Waals surface area contributed by atoms with E-state index < -0.39 is 41.5 Å². The van der Waals surface area contributed by atoms with Crippen LogP contribution in [0.1, 0.15) is 0 Å². The van der Waals surface area contributed by atoms with E-state index in [1.807, 2.05) is 18.2 Å². The largest absolute Gasteiger partial charge is 1.00 e. The first-order chi connectivity index (χ1) is 14.6. The Morgan fingerprint density at radius 2 is 1.45 bits per heavy atom. The van der Waals surface area contributed by atoms with E-state index in [0.29, 0.717) is 11.8 Å². The third-order valence-corrected chi connectivity index (χ3v) is 6.27. The van der Waals surface area contributed by atoms with E-state index in [2.05, 4.69) is 10.2 Å². The van der Waals surface area contributed by atoms with Crippen molar-refractivity contribution < 1.29 is 90.2 Å². The summed E-state index contributed by atoms with van der Waals surface area (Å²) in [6.45, 7) is 0. The number of benzene rings is 4. The third kappa shape index (κ3) is 5.82. The summed E-state index contributed by atoms with van der Waals surface area (Å²) in [6.07, 6.45) is 0. The molecule has 0 unspecified atom stereocenters. The number of fused-ring (bicyclic) bond motifs is 2. The summed E-state index contributed by atoms with van der Waals surface area (Å²) in [6, 6.07) is 16.1. The second kappa shape index (κ2) is 10.5. The van der Waals surface area contributed by atoms with Gasteiger partial charge in [-0.3, -0.25) is 4.55 Å². The Balaban J connectivity index is 0.00000193. The molecule has 4 aromatic carbocycles. The smallest absolute Gasteiger partial charge is 0.871 e. The van der Waals surface area contributed by atoms with E-state index >= 15 is 0 Å². The van der Waals surface area contributed by atoms with Crippen LogP contribution in [-0.4, -0.2) is 25.9 Å². The molecule has 0 radical (unpaired) electrons. The van der Waals surface area contributed by atoms with Crippen molar-refractivity contribution in [1.82, 2.24) is 0 Å². The Hall–Kier alpha value is -1.38. The molecule has 0 aliphatic heterocycles.